The Balaban J connectivity index is 1.80. The van der Waals surface area contributed by atoms with E-state index in [1.807, 2.05) is 0 Å². The van der Waals surface area contributed by atoms with Gasteiger partial charge < -0.3 is 10.6 Å². The maximum atomic E-state index is 4.59. The minimum Gasteiger partial charge on any atom is -0.314 e. The molecule has 2 rings (SSSR count). The molecular weight excluding hydrogens is 152 g/mol. The van der Waals surface area contributed by atoms with Crippen molar-refractivity contribution in [3.05, 3.63) is 0 Å². The molecule has 0 bridgehead atoms. The molecule has 4 nitrogen and oxygen atoms in total. The van der Waals surface area contributed by atoms with Gasteiger partial charge in [-0.3, -0.25) is 4.90 Å². The molecule has 0 aromatic carbocycles. The van der Waals surface area contributed by atoms with Gasteiger partial charge in [-0.1, -0.05) is 0 Å². The van der Waals surface area contributed by atoms with Gasteiger partial charge in [0.15, 0.2) is 0 Å². The second kappa shape index (κ2) is 4.18. The lowest BCUT2D eigenvalue weighted by atomic mass is 10.3. The van der Waals surface area contributed by atoms with Gasteiger partial charge in [0.05, 0.1) is 6.17 Å². The highest BCUT2D eigenvalue weighted by Gasteiger charge is 2.22. The van der Waals surface area contributed by atoms with Gasteiger partial charge in [-0.05, 0) is 0 Å². The highest BCUT2D eigenvalue weighted by atomic mass is 15.3. The van der Waals surface area contributed by atoms with Crippen molar-refractivity contribution in [2.45, 2.75) is 6.17 Å². The molecule has 2 fully saturated rings. The molecule has 0 saturated carbocycles. The Morgan fingerprint density at radius 2 is 1.92 bits per heavy atom. The summed E-state index contributed by atoms with van der Waals surface area (Å²) in [5.41, 5.74) is 0. The van der Waals surface area contributed by atoms with Crippen LogP contribution in [0.25, 0.3) is 0 Å². The van der Waals surface area contributed by atoms with E-state index in [-0.39, 0.29) is 0 Å². The molecular formula is C8H17N4. The molecule has 0 aromatic heterocycles. The Morgan fingerprint density at radius 3 is 2.58 bits per heavy atom. The maximum absolute atomic E-state index is 4.59. The van der Waals surface area contributed by atoms with Crippen molar-refractivity contribution in [1.82, 2.24) is 20.9 Å². The second-order valence-corrected chi connectivity index (χ2v) is 3.38. The molecule has 0 aliphatic carbocycles. The van der Waals surface area contributed by atoms with Crippen molar-refractivity contribution >= 4 is 0 Å². The largest absolute Gasteiger partial charge is 0.314 e. The van der Waals surface area contributed by atoms with Gasteiger partial charge >= 0.3 is 0 Å². The molecule has 2 aliphatic heterocycles. The first kappa shape index (κ1) is 8.44. The monoisotopic (exact) mass is 169 g/mol. The third-order valence-corrected chi connectivity index (χ3v) is 2.53. The zero-order valence-corrected chi connectivity index (χ0v) is 7.42. The third kappa shape index (κ3) is 1.95. The predicted octanol–water partition coefficient (Wildman–Crippen LogP) is -1.57. The normalized spacial score (nSPS) is 33.5. The van der Waals surface area contributed by atoms with E-state index in [2.05, 4.69) is 20.9 Å². The molecule has 0 aromatic rings. The van der Waals surface area contributed by atoms with Crippen molar-refractivity contribution in [2.24, 2.45) is 0 Å². The Labute approximate surface area is 73.7 Å². The van der Waals surface area contributed by atoms with Crippen LogP contribution in [0.15, 0.2) is 0 Å². The average molecular weight is 169 g/mol. The molecule has 69 valence electrons. The third-order valence-electron chi connectivity index (χ3n) is 2.53. The summed E-state index contributed by atoms with van der Waals surface area (Å²) in [4.78, 5) is 2.46. The summed E-state index contributed by atoms with van der Waals surface area (Å²) in [7, 11) is 0. The molecule has 2 heterocycles. The van der Waals surface area contributed by atoms with E-state index in [9.17, 15) is 0 Å². The van der Waals surface area contributed by atoms with Crippen molar-refractivity contribution < 1.29 is 0 Å². The number of rotatable bonds is 1. The first-order chi connectivity index (χ1) is 5.97. The summed E-state index contributed by atoms with van der Waals surface area (Å²) in [5, 5.41) is 11.3. The average Bonchev–Trinajstić information content (AvgIpc) is 2.21. The van der Waals surface area contributed by atoms with Crippen LogP contribution in [0.1, 0.15) is 0 Å². The standard InChI is InChI=1S/C8H17N4/c1-2-11-8(7-10-1)12-5-3-9-4-6-12/h8-10H,1-7H2. The van der Waals surface area contributed by atoms with E-state index in [0.717, 1.165) is 45.8 Å². The smallest absolute Gasteiger partial charge is 0.0888 e. The van der Waals surface area contributed by atoms with Crippen LogP contribution in [0.5, 0.6) is 0 Å². The van der Waals surface area contributed by atoms with Gasteiger partial charge in [0, 0.05) is 45.8 Å². The van der Waals surface area contributed by atoms with Crippen molar-refractivity contribution in [2.75, 3.05) is 45.8 Å². The lowest BCUT2D eigenvalue weighted by Crippen LogP contribution is -2.58. The van der Waals surface area contributed by atoms with Gasteiger partial charge in [0.2, 0.25) is 0 Å². The Kier molecular flexibility index (Phi) is 2.94. The number of nitrogens with zero attached hydrogens (tertiary/aromatic N) is 2. The molecule has 4 heteroatoms. The van der Waals surface area contributed by atoms with Crippen LogP contribution in [0, 0.1) is 0 Å². The van der Waals surface area contributed by atoms with E-state index in [1.165, 1.54) is 0 Å². The minimum absolute atomic E-state index is 0.445. The highest BCUT2D eigenvalue weighted by molar-refractivity contribution is 4.79. The summed E-state index contributed by atoms with van der Waals surface area (Å²) in [6.45, 7) is 7.61. The van der Waals surface area contributed by atoms with E-state index >= 15 is 0 Å². The Bertz CT molecular complexity index is 111. The van der Waals surface area contributed by atoms with E-state index in [0.29, 0.717) is 6.17 Å². The summed E-state index contributed by atoms with van der Waals surface area (Å²) in [6, 6.07) is 0. The second-order valence-electron chi connectivity index (χ2n) is 3.38. The van der Waals surface area contributed by atoms with Crippen LogP contribution in [-0.4, -0.2) is 56.9 Å². The van der Waals surface area contributed by atoms with Crippen molar-refractivity contribution in [3.8, 4) is 0 Å². The summed E-state index contributed by atoms with van der Waals surface area (Å²) < 4.78 is 0. The fraction of sp³-hybridized carbons (Fsp3) is 1.00. The SMILES string of the molecule is C1CNCC(N2CCNCC2)[N]1. The van der Waals surface area contributed by atoms with Crippen molar-refractivity contribution in [1.29, 1.82) is 0 Å². The van der Waals surface area contributed by atoms with Gasteiger partial charge in [0.25, 0.3) is 0 Å². The number of nitrogens with one attached hydrogen (secondary N) is 2. The minimum atomic E-state index is 0.445. The molecule has 0 spiro atoms. The molecule has 1 atom stereocenters. The number of hydrogen-bond donors (Lipinski definition) is 2. The topological polar surface area (TPSA) is 41.4 Å². The zero-order valence-electron chi connectivity index (χ0n) is 7.42. The highest BCUT2D eigenvalue weighted by Crippen LogP contribution is 2.00. The zero-order chi connectivity index (χ0) is 8.23. The lowest BCUT2D eigenvalue weighted by Gasteiger charge is -2.36. The summed E-state index contributed by atoms with van der Waals surface area (Å²) in [5.74, 6) is 0. The van der Waals surface area contributed by atoms with E-state index in [4.69, 9.17) is 0 Å². The predicted molar refractivity (Wildman–Crippen MR) is 48.1 cm³/mol. The van der Waals surface area contributed by atoms with Gasteiger partial charge in [0.1, 0.15) is 0 Å². The first-order valence-electron chi connectivity index (χ1n) is 4.79. The molecule has 2 aliphatic rings. The van der Waals surface area contributed by atoms with Gasteiger partial charge in [-0.2, -0.15) is 0 Å². The fourth-order valence-corrected chi connectivity index (χ4v) is 1.81. The summed E-state index contributed by atoms with van der Waals surface area (Å²) in [6.07, 6.45) is 0.445. The molecule has 12 heavy (non-hydrogen) atoms. The maximum Gasteiger partial charge on any atom is 0.0888 e. The fourth-order valence-electron chi connectivity index (χ4n) is 1.81. The Hall–Kier alpha value is -0.160. The first-order valence-corrected chi connectivity index (χ1v) is 4.79. The van der Waals surface area contributed by atoms with Crippen LogP contribution in [0.3, 0.4) is 0 Å². The molecule has 0 amide bonds. The van der Waals surface area contributed by atoms with Crippen LogP contribution >= 0.6 is 0 Å². The lowest BCUT2D eigenvalue weighted by molar-refractivity contribution is 0.128. The number of hydrogen-bond acceptors (Lipinski definition) is 3. The molecule has 1 radical (unpaired) electrons. The molecule has 2 N–H and O–H groups in total. The van der Waals surface area contributed by atoms with Crippen molar-refractivity contribution in [3.63, 3.8) is 0 Å². The van der Waals surface area contributed by atoms with Gasteiger partial charge in [-0.25, -0.2) is 5.32 Å². The van der Waals surface area contributed by atoms with Crippen LogP contribution in [-0.2, 0) is 0 Å². The Morgan fingerprint density at radius 1 is 1.08 bits per heavy atom. The van der Waals surface area contributed by atoms with E-state index < -0.39 is 0 Å². The molecule has 1 unspecified atom stereocenters. The quantitative estimate of drug-likeness (QED) is 0.498. The van der Waals surface area contributed by atoms with Crippen LogP contribution in [0.2, 0.25) is 0 Å². The van der Waals surface area contributed by atoms with Gasteiger partial charge in [-0.15, -0.1) is 0 Å². The van der Waals surface area contributed by atoms with E-state index in [1.54, 1.807) is 0 Å². The van der Waals surface area contributed by atoms with Crippen LogP contribution in [0.4, 0.5) is 0 Å². The molecule has 2 saturated heterocycles. The number of piperazine rings is 2. The summed E-state index contributed by atoms with van der Waals surface area (Å²) >= 11 is 0. The van der Waals surface area contributed by atoms with Crippen LogP contribution < -0.4 is 16.0 Å².